The minimum atomic E-state index is -0.209. The second-order valence-corrected chi connectivity index (χ2v) is 5.50. The number of nitrogens with one attached hydrogen (secondary N) is 2. The molecule has 2 amide bonds. The number of anilines is 2. The SMILES string of the molecule is COc1cccc(CCC(=O)Nc2ccc(OC)c(NC(C)=O)c2)c1. The van der Waals surface area contributed by atoms with E-state index >= 15 is 0 Å². The summed E-state index contributed by atoms with van der Waals surface area (Å²) in [6, 6.07) is 12.7. The number of hydrogen-bond acceptors (Lipinski definition) is 4. The molecule has 6 nitrogen and oxygen atoms in total. The summed E-state index contributed by atoms with van der Waals surface area (Å²) in [5.41, 5.74) is 2.14. The highest BCUT2D eigenvalue weighted by atomic mass is 16.5. The Morgan fingerprint density at radius 3 is 2.48 bits per heavy atom. The van der Waals surface area contributed by atoms with E-state index < -0.39 is 0 Å². The zero-order valence-corrected chi connectivity index (χ0v) is 14.6. The van der Waals surface area contributed by atoms with Crippen LogP contribution >= 0.6 is 0 Å². The summed E-state index contributed by atoms with van der Waals surface area (Å²) in [6.45, 7) is 1.42. The van der Waals surface area contributed by atoms with Crippen LogP contribution in [0.25, 0.3) is 0 Å². The number of rotatable bonds is 7. The van der Waals surface area contributed by atoms with Crippen molar-refractivity contribution < 1.29 is 19.1 Å². The Labute approximate surface area is 147 Å². The number of aryl methyl sites for hydroxylation is 1. The van der Waals surface area contributed by atoms with Gasteiger partial charge < -0.3 is 20.1 Å². The van der Waals surface area contributed by atoms with E-state index in [0.29, 0.717) is 30.0 Å². The molecule has 0 spiro atoms. The lowest BCUT2D eigenvalue weighted by molar-refractivity contribution is -0.116. The summed E-state index contributed by atoms with van der Waals surface area (Å²) >= 11 is 0. The average molecular weight is 342 g/mol. The van der Waals surface area contributed by atoms with Crippen molar-refractivity contribution in [3.63, 3.8) is 0 Å². The number of carbonyl (C=O) groups excluding carboxylic acids is 2. The largest absolute Gasteiger partial charge is 0.497 e. The summed E-state index contributed by atoms with van der Waals surface area (Å²) in [6.07, 6.45) is 0.951. The van der Waals surface area contributed by atoms with E-state index in [4.69, 9.17) is 9.47 Å². The van der Waals surface area contributed by atoms with E-state index in [1.165, 1.54) is 14.0 Å². The van der Waals surface area contributed by atoms with Gasteiger partial charge in [0, 0.05) is 19.0 Å². The summed E-state index contributed by atoms with van der Waals surface area (Å²) in [5.74, 6) is 0.985. The molecule has 0 saturated carbocycles. The van der Waals surface area contributed by atoms with Crippen LogP contribution in [-0.2, 0) is 16.0 Å². The van der Waals surface area contributed by atoms with Gasteiger partial charge in [-0.2, -0.15) is 0 Å². The standard InChI is InChI=1S/C19H22N2O4/c1-13(22)20-17-12-15(8-9-18(17)25-3)21-19(23)10-7-14-5-4-6-16(11-14)24-2/h4-6,8-9,11-12H,7,10H2,1-3H3,(H,20,22)(H,21,23). The number of ether oxygens (including phenoxy) is 2. The van der Waals surface area contributed by atoms with Crippen molar-refractivity contribution in [1.82, 2.24) is 0 Å². The van der Waals surface area contributed by atoms with E-state index in [0.717, 1.165) is 11.3 Å². The minimum Gasteiger partial charge on any atom is -0.497 e. The van der Waals surface area contributed by atoms with Crippen molar-refractivity contribution in [2.75, 3.05) is 24.9 Å². The van der Waals surface area contributed by atoms with E-state index in [9.17, 15) is 9.59 Å². The molecule has 2 aromatic rings. The van der Waals surface area contributed by atoms with Gasteiger partial charge in [-0.05, 0) is 42.3 Å². The molecule has 0 atom stereocenters. The lowest BCUT2D eigenvalue weighted by atomic mass is 10.1. The minimum absolute atomic E-state index is 0.109. The fourth-order valence-corrected chi connectivity index (χ4v) is 2.38. The Morgan fingerprint density at radius 2 is 1.80 bits per heavy atom. The highest BCUT2D eigenvalue weighted by Gasteiger charge is 2.09. The Morgan fingerprint density at radius 1 is 1.00 bits per heavy atom. The molecule has 0 aromatic heterocycles. The maximum absolute atomic E-state index is 12.2. The Kier molecular flexibility index (Phi) is 6.39. The molecule has 2 N–H and O–H groups in total. The number of amides is 2. The van der Waals surface area contributed by atoms with Crippen LogP contribution in [0.15, 0.2) is 42.5 Å². The monoisotopic (exact) mass is 342 g/mol. The van der Waals surface area contributed by atoms with E-state index in [-0.39, 0.29) is 11.8 Å². The third-order valence-electron chi connectivity index (χ3n) is 3.57. The highest BCUT2D eigenvalue weighted by Crippen LogP contribution is 2.28. The molecule has 0 bridgehead atoms. The first-order chi connectivity index (χ1) is 12.0. The molecule has 0 aliphatic heterocycles. The summed E-state index contributed by atoms with van der Waals surface area (Å²) in [5, 5.41) is 5.51. The Hall–Kier alpha value is -3.02. The zero-order valence-electron chi connectivity index (χ0n) is 14.6. The van der Waals surface area contributed by atoms with E-state index in [1.54, 1.807) is 25.3 Å². The third kappa shape index (κ3) is 5.53. The molecule has 132 valence electrons. The highest BCUT2D eigenvalue weighted by molar-refractivity contribution is 5.94. The molecule has 0 heterocycles. The molecule has 0 aliphatic rings. The maximum Gasteiger partial charge on any atom is 0.224 e. The van der Waals surface area contributed by atoms with Gasteiger partial charge in [0.1, 0.15) is 11.5 Å². The Balaban J connectivity index is 1.98. The van der Waals surface area contributed by atoms with Crippen LogP contribution in [0.2, 0.25) is 0 Å². The van der Waals surface area contributed by atoms with E-state index in [2.05, 4.69) is 10.6 Å². The molecule has 0 unspecified atom stereocenters. The summed E-state index contributed by atoms with van der Waals surface area (Å²) in [7, 11) is 3.13. The predicted molar refractivity (Wildman–Crippen MR) is 97.2 cm³/mol. The zero-order chi connectivity index (χ0) is 18.2. The van der Waals surface area contributed by atoms with Crippen LogP contribution < -0.4 is 20.1 Å². The first-order valence-electron chi connectivity index (χ1n) is 7.90. The molecule has 25 heavy (non-hydrogen) atoms. The lowest BCUT2D eigenvalue weighted by Gasteiger charge is -2.12. The van der Waals surface area contributed by atoms with Gasteiger partial charge in [-0.25, -0.2) is 0 Å². The average Bonchev–Trinajstić information content (AvgIpc) is 2.60. The van der Waals surface area contributed by atoms with Crippen LogP contribution in [0.1, 0.15) is 18.9 Å². The molecule has 0 aliphatic carbocycles. The van der Waals surface area contributed by atoms with Crippen molar-refractivity contribution in [1.29, 1.82) is 0 Å². The second-order valence-electron chi connectivity index (χ2n) is 5.50. The van der Waals surface area contributed by atoms with Gasteiger partial charge >= 0.3 is 0 Å². The van der Waals surface area contributed by atoms with Gasteiger partial charge in [0.2, 0.25) is 11.8 Å². The molecule has 0 radical (unpaired) electrons. The predicted octanol–water partition coefficient (Wildman–Crippen LogP) is 3.23. The van der Waals surface area contributed by atoms with Crippen LogP contribution in [0.4, 0.5) is 11.4 Å². The van der Waals surface area contributed by atoms with Crippen LogP contribution in [0, 0.1) is 0 Å². The lowest BCUT2D eigenvalue weighted by Crippen LogP contribution is -2.13. The van der Waals surface area contributed by atoms with Gasteiger partial charge in [-0.15, -0.1) is 0 Å². The van der Waals surface area contributed by atoms with Gasteiger partial charge in [0.05, 0.1) is 19.9 Å². The van der Waals surface area contributed by atoms with Crippen LogP contribution in [-0.4, -0.2) is 26.0 Å². The molecule has 2 aromatic carbocycles. The van der Waals surface area contributed by atoms with Crippen molar-refractivity contribution >= 4 is 23.2 Å². The first-order valence-corrected chi connectivity index (χ1v) is 7.90. The van der Waals surface area contributed by atoms with Crippen molar-refractivity contribution in [3.05, 3.63) is 48.0 Å². The molecule has 0 fully saturated rings. The fourth-order valence-electron chi connectivity index (χ4n) is 2.38. The topological polar surface area (TPSA) is 76.7 Å². The molecular weight excluding hydrogens is 320 g/mol. The normalized spacial score (nSPS) is 10.0. The molecule has 0 saturated heterocycles. The summed E-state index contributed by atoms with van der Waals surface area (Å²) < 4.78 is 10.4. The first kappa shape index (κ1) is 18.3. The third-order valence-corrected chi connectivity index (χ3v) is 3.57. The Bertz CT molecular complexity index is 759. The molecule has 6 heteroatoms. The number of hydrogen-bond donors (Lipinski definition) is 2. The van der Waals surface area contributed by atoms with Crippen LogP contribution in [0.5, 0.6) is 11.5 Å². The van der Waals surface area contributed by atoms with Gasteiger partial charge in [-0.3, -0.25) is 9.59 Å². The van der Waals surface area contributed by atoms with Crippen molar-refractivity contribution in [2.45, 2.75) is 19.8 Å². The fraction of sp³-hybridized carbons (Fsp3) is 0.263. The number of benzene rings is 2. The van der Waals surface area contributed by atoms with Gasteiger partial charge in [-0.1, -0.05) is 12.1 Å². The maximum atomic E-state index is 12.2. The van der Waals surface area contributed by atoms with Crippen molar-refractivity contribution in [3.8, 4) is 11.5 Å². The van der Waals surface area contributed by atoms with Crippen LogP contribution in [0.3, 0.4) is 0 Å². The number of methoxy groups -OCH3 is 2. The second kappa shape index (κ2) is 8.73. The molecule has 2 rings (SSSR count). The number of carbonyl (C=O) groups is 2. The van der Waals surface area contributed by atoms with Crippen molar-refractivity contribution in [2.24, 2.45) is 0 Å². The smallest absolute Gasteiger partial charge is 0.224 e. The van der Waals surface area contributed by atoms with Gasteiger partial charge in [0.25, 0.3) is 0 Å². The molecular formula is C19H22N2O4. The summed E-state index contributed by atoms with van der Waals surface area (Å²) in [4.78, 5) is 23.4. The van der Waals surface area contributed by atoms with E-state index in [1.807, 2.05) is 24.3 Å². The van der Waals surface area contributed by atoms with Gasteiger partial charge in [0.15, 0.2) is 0 Å². The quantitative estimate of drug-likeness (QED) is 0.810.